The highest BCUT2D eigenvalue weighted by Gasteiger charge is 2.31. The molecule has 0 saturated heterocycles. The van der Waals surface area contributed by atoms with E-state index in [1.54, 1.807) is 0 Å². The molecule has 0 unspecified atom stereocenters. The van der Waals surface area contributed by atoms with E-state index >= 15 is 0 Å². The predicted molar refractivity (Wildman–Crippen MR) is 70.5 cm³/mol. The number of hydrogen-bond donors (Lipinski definition) is 1. The van der Waals surface area contributed by atoms with Crippen LogP contribution >= 0.6 is 23.2 Å². The molecular weight excluding hydrogens is 297 g/mol. The van der Waals surface area contributed by atoms with Gasteiger partial charge in [-0.05, 0) is 12.5 Å². The Labute approximate surface area is 119 Å². The number of benzene rings is 1. The van der Waals surface area contributed by atoms with Crippen LogP contribution in [0.3, 0.4) is 0 Å². The average Bonchev–Trinajstić information content (AvgIpc) is 2.30. The molecule has 0 heterocycles. The lowest BCUT2D eigenvalue weighted by molar-refractivity contribution is -0.385. The topological polar surface area (TPSA) is 89.7 Å². The van der Waals surface area contributed by atoms with E-state index in [0.717, 1.165) is 12.5 Å². The highest BCUT2D eigenvalue weighted by atomic mass is 35.5. The molecule has 1 N–H and O–H groups in total. The minimum Gasteiger partial charge on any atom is -0.491 e. The molecule has 1 rings (SSSR count). The van der Waals surface area contributed by atoms with Crippen molar-refractivity contribution in [3.63, 3.8) is 0 Å². The van der Waals surface area contributed by atoms with Crippen LogP contribution in [0.15, 0.2) is 6.07 Å². The lowest BCUT2D eigenvalue weighted by Gasteiger charge is -2.11. The number of rotatable bonds is 6. The third-order valence-electron chi connectivity index (χ3n) is 2.30. The van der Waals surface area contributed by atoms with Crippen LogP contribution < -0.4 is 4.74 Å². The van der Waals surface area contributed by atoms with Gasteiger partial charge in [0.2, 0.25) is 0 Å². The molecule has 0 bridgehead atoms. The molecule has 0 aromatic heterocycles. The van der Waals surface area contributed by atoms with Crippen molar-refractivity contribution in [1.82, 2.24) is 0 Å². The van der Waals surface area contributed by atoms with Crippen LogP contribution in [0, 0.1) is 10.1 Å². The number of hydrogen-bond acceptors (Lipinski definition) is 4. The number of halogens is 2. The van der Waals surface area contributed by atoms with Crippen molar-refractivity contribution in [3.8, 4) is 5.75 Å². The van der Waals surface area contributed by atoms with Gasteiger partial charge in [0.05, 0.1) is 16.6 Å². The molecule has 0 saturated carbocycles. The van der Waals surface area contributed by atoms with Crippen LogP contribution in [-0.4, -0.2) is 22.6 Å². The molecule has 0 aliphatic rings. The van der Waals surface area contributed by atoms with Gasteiger partial charge in [-0.3, -0.25) is 10.1 Å². The third kappa shape index (κ3) is 3.48. The first-order chi connectivity index (χ1) is 8.90. The standard InChI is InChI=1S/C11H11Cl2NO5/c1-2-3-4-19-10-7(13)5-6(12)9(14(17)18)8(10)11(15)16/h5H,2-4H2,1H3,(H,15,16). The first-order valence-electron chi connectivity index (χ1n) is 5.42. The zero-order valence-corrected chi connectivity index (χ0v) is 11.5. The average molecular weight is 308 g/mol. The molecule has 1 aromatic rings. The van der Waals surface area contributed by atoms with Gasteiger partial charge in [-0.25, -0.2) is 4.79 Å². The van der Waals surface area contributed by atoms with E-state index in [1.165, 1.54) is 0 Å². The maximum absolute atomic E-state index is 11.2. The van der Waals surface area contributed by atoms with Crippen molar-refractivity contribution >= 4 is 34.9 Å². The first kappa shape index (κ1) is 15.5. The molecule has 0 aliphatic carbocycles. The van der Waals surface area contributed by atoms with Crippen LogP contribution in [0.25, 0.3) is 0 Å². The molecule has 0 amide bonds. The Kier molecular flexibility index (Phi) is 5.38. The van der Waals surface area contributed by atoms with E-state index in [1.807, 2.05) is 6.92 Å². The van der Waals surface area contributed by atoms with Crippen LogP contribution in [0.2, 0.25) is 10.0 Å². The summed E-state index contributed by atoms with van der Waals surface area (Å²) in [6, 6.07) is 1.11. The Morgan fingerprint density at radius 1 is 1.47 bits per heavy atom. The molecule has 0 spiro atoms. The minimum absolute atomic E-state index is 0.0656. The van der Waals surface area contributed by atoms with Crippen LogP contribution in [-0.2, 0) is 0 Å². The Morgan fingerprint density at radius 2 is 2.11 bits per heavy atom. The number of carboxylic acid groups (broad SMARTS) is 1. The fourth-order valence-electron chi connectivity index (χ4n) is 1.43. The van der Waals surface area contributed by atoms with E-state index in [4.69, 9.17) is 33.0 Å². The van der Waals surface area contributed by atoms with Gasteiger partial charge in [-0.1, -0.05) is 36.5 Å². The summed E-state index contributed by atoms with van der Waals surface area (Å²) in [7, 11) is 0. The van der Waals surface area contributed by atoms with Gasteiger partial charge < -0.3 is 9.84 Å². The van der Waals surface area contributed by atoms with E-state index in [-0.39, 0.29) is 22.4 Å². The van der Waals surface area contributed by atoms with E-state index in [2.05, 4.69) is 0 Å². The first-order valence-corrected chi connectivity index (χ1v) is 6.18. The Bertz CT molecular complexity index is 518. The summed E-state index contributed by atoms with van der Waals surface area (Å²) < 4.78 is 5.24. The molecule has 8 heteroatoms. The molecule has 0 radical (unpaired) electrons. The van der Waals surface area contributed by atoms with Gasteiger partial charge in [0.25, 0.3) is 0 Å². The Morgan fingerprint density at radius 3 is 2.58 bits per heavy atom. The van der Waals surface area contributed by atoms with Crippen LogP contribution in [0.5, 0.6) is 5.75 Å². The third-order valence-corrected chi connectivity index (χ3v) is 2.87. The zero-order chi connectivity index (χ0) is 14.6. The normalized spacial score (nSPS) is 10.3. The fourth-order valence-corrected chi connectivity index (χ4v) is 2.01. The van der Waals surface area contributed by atoms with Gasteiger partial charge in [-0.15, -0.1) is 0 Å². The molecule has 1 aromatic carbocycles. The van der Waals surface area contributed by atoms with E-state index in [0.29, 0.717) is 6.42 Å². The van der Waals surface area contributed by atoms with Gasteiger partial charge in [-0.2, -0.15) is 0 Å². The van der Waals surface area contributed by atoms with Gasteiger partial charge >= 0.3 is 11.7 Å². The van der Waals surface area contributed by atoms with E-state index < -0.39 is 22.1 Å². The lowest BCUT2D eigenvalue weighted by Crippen LogP contribution is -2.09. The quantitative estimate of drug-likeness (QED) is 0.490. The van der Waals surface area contributed by atoms with Gasteiger partial charge in [0.1, 0.15) is 5.02 Å². The number of nitro benzene ring substituents is 1. The number of ether oxygens (including phenoxy) is 1. The maximum atomic E-state index is 11.2. The second kappa shape index (κ2) is 6.58. The maximum Gasteiger partial charge on any atom is 0.346 e. The fraction of sp³-hybridized carbons (Fsp3) is 0.364. The SMILES string of the molecule is CCCCOc1c(Cl)cc(Cl)c([N+](=O)[O-])c1C(=O)O. The number of unbranched alkanes of at least 4 members (excludes halogenated alkanes) is 1. The molecule has 0 aliphatic heterocycles. The number of nitrogens with zero attached hydrogens (tertiary/aromatic N) is 1. The lowest BCUT2D eigenvalue weighted by atomic mass is 10.1. The van der Waals surface area contributed by atoms with Crippen LogP contribution in [0.1, 0.15) is 30.1 Å². The van der Waals surface area contributed by atoms with Crippen molar-refractivity contribution < 1.29 is 19.6 Å². The predicted octanol–water partition coefficient (Wildman–Crippen LogP) is 3.78. The second-order valence-corrected chi connectivity index (χ2v) is 4.47. The smallest absolute Gasteiger partial charge is 0.346 e. The van der Waals surface area contributed by atoms with Gasteiger partial charge in [0, 0.05) is 0 Å². The summed E-state index contributed by atoms with van der Waals surface area (Å²) in [5.74, 6) is -1.73. The highest BCUT2D eigenvalue weighted by Crippen LogP contribution is 2.40. The number of aromatic carboxylic acids is 1. The van der Waals surface area contributed by atoms with Gasteiger partial charge in [0.15, 0.2) is 11.3 Å². The monoisotopic (exact) mass is 307 g/mol. The van der Waals surface area contributed by atoms with Crippen molar-refractivity contribution in [2.75, 3.05) is 6.61 Å². The molecule has 104 valence electrons. The number of nitro groups is 1. The molecule has 0 atom stereocenters. The zero-order valence-electron chi connectivity index (χ0n) is 9.98. The van der Waals surface area contributed by atoms with Crippen molar-refractivity contribution in [1.29, 1.82) is 0 Å². The largest absolute Gasteiger partial charge is 0.491 e. The summed E-state index contributed by atoms with van der Waals surface area (Å²) in [4.78, 5) is 21.2. The van der Waals surface area contributed by atoms with Crippen molar-refractivity contribution in [3.05, 3.63) is 31.8 Å². The number of carboxylic acids is 1. The van der Waals surface area contributed by atoms with E-state index in [9.17, 15) is 14.9 Å². The summed E-state index contributed by atoms with van der Waals surface area (Å²) in [6.45, 7) is 2.14. The molecule has 19 heavy (non-hydrogen) atoms. The molecule has 0 fully saturated rings. The molecular formula is C11H11Cl2NO5. The highest BCUT2D eigenvalue weighted by molar-refractivity contribution is 6.38. The second-order valence-electron chi connectivity index (χ2n) is 3.66. The summed E-state index contributed by atoms with van der Waals surface area (Å²) in [5.41, 5.74) is -1.34. The summed E-state index contributed by atoms with van der Waals surface area (Å²) in [6.07, 6.45) is 1.50. The minimum atomic E-state index is -1.51. The Balaban J connectivity index is 3.38. The summed E-state index contributed by atoms with van der Waals surface area (Å²) >= 11 is 11.5. The van der Waals surface area contributed by atoms with Crippen molar-refractivity contribution in [2.24, 2.45) is 0 Å². The van der Waals surface area contributed by atoms with Crippen molar-refractivity contribution in [2.45, 2.75) is 19.8 Å². The Hall–Kier alpha value is -1.53. The molecule has 6 nitrogen and oxygen atoms in total. The summed E-state index contributed by atoms with van der Waals surface area (Å²) in [5, 5.41) is 19.6. The number of carbonyl (C=O) groups is 1. The van der Waals surface area contributed by atoms with Crippen LogP contribution in [0.4, 0.5) is 5.69 Å².